The Morgan fingerprint density at radius 2 is 1.68 bits per heavy atom. The van der Waals surface area contributed by atoms with Crippen molar-refractivity contribution in [3.8, 4) is 6.07 Å². The average Bonchev–Trinajstić information content (AvgIpc) is 2.88. The molecule has 0 spiro atoms. The highest BCUT2D eigenvalue weighted by Gasteiger charge is 2.45. The number of allylic oxidation sites excluding steroid dienone is 2. The highest BCUT2D eigenvalue weighted by molar-refractivity contribution is 7.93. The van der Waals surface area contributed by atoms with Gasteiger partial charge < -0.3 is 30.1 Å². The maximum absolute atomic E-state index is 13.1. The molecule has 1 aliphatic heterocycles. The second-order valence-corrected chi connectivity index (χ2v) is 10.8. The minimum Gasteiger partial charge on any atom is -0.394 e. The zero-order valence-electron chi connectivity index (χ0n) is 21.2. The van der Waals surface area contributed by atoms with Gasteiger partial charge in [0.25, 0.3) is 10.0 Å². The number of aliphatic hydroxyl groups is 4. The van der Waals surface area contributed by atoms with E-state index >= 15 is 0 Å². The van der Waals surface area contributed by atoms with Gasteiger partial charge in [-0.3, -0.25) is 0 Å². The molecule has 1 heterocycles. The molecule has 2 aromatic carbocycles. The Hall–Kier alpha value is -2.56. The lowest BCUT2D eigenvalue weighted by Crippen LogP contribution is -2.64. The summed E-state index contributed by atoms with van der Waals surface area (Å²) in [7, 11) is -4.53. The number of nitrogens with one attached hydrogen (secondary N) is 1. The second-order valence-electron chi connectivity index (χ2n) is 9.18. The van der Waals surface area contributed by atoms with Crippen LogP contribution in [0.4, 0.5) is 5.69 Å². The van der Waals surface area contributed by atoms with E-state index in [0.29, 0.717) is 5.56 Å². The molecule has 5 atom stereocenters. The Morgan fingerprint density at radius 1 is 1.05 bits per heavy atom. The minimum atomic E-state index is -4.53. The van der Waals surface area contributed by atoms with E-state index in [2.05, 4.69) is 29.5 Å². The number of hydrogen-bond donors (Lipinski definition) is 5. The van der Waals surface area contributed by atoms with Crippen molar-refractivity contribution in [3.05, 3.63) is 46.9 Å². The first-order chi connectivity index (χ1) is 17.6. The molecule has 37 heavy (non-hydrogen) atoms. The number of hydrogen-bond acceptors (Lipinski definition) is 9. The Balaban J connectivity index is 1.92. The van der Waals surface area contributed by atoms with Crippen LogP contribution < -0.4 is 9.62 Å². The normalized spacial score (nSPS) is 25.0. The van der Waals surface area contributed by atoms with Gasteiger partial charge in [-0.15, -0.1) is 0 Å². The van der Waals surface area contributed by atoms with E-state index in [1.165, 1.54) is 6.92 Å². The first kappa shape index (κ1) is 29.0. The molecule has 1 unspecified atom stereocenters. The van der Waals surface area contributed by atoms with Gasteiger partial charge in [0.2, 0.25) is 0 Å². The summed E-state index contributed by atoms with van der Waals surface area (Å²) in [6.45, 7) is 6.98. The van der Waals surface area contributed by atoms with Gasteiger partial charge in [0.05, 0.1) is 6.61 Å². The van der Waals surface area contributed by atoms with E-state index in [4.69, 9.17) is 4.74 Å². The molecule has 0 radical (unpaired) electrons. The topological polar surface area (TPSA) is 163 Å². The van der Waals surface area contributed by atoms with Crippen molar-refractivity contribution in [2.24, 2.45) is 0 Å². The van der Waals surface area contributed by atoms with E-state index in [1.807, 2.05) is 18.2 Å². The molecular weight excluding hydrogens is 498 g/mol. The maximum atomic E-state index is 13.1. The number of anilines is 1. The fraction of sp³-hybridized carbons (Fsp3) is 0.500. The number of sulfonamides is 1. The van der Waals surface area contributed by atoms with Crippen molar-refractivity contribution >= 4 is 32.1 Å². The molecule has 0 saturated carbocycles. The van der Waals surface area contributed by atoms with Gasteiger partial charge in [-0.2, -0.15) is 9.98 Å². The predicted molar refractivity (Wildman–Crippen MR) is 141 cm³/mol. The van der Waals surface area contributed by atoms with Gasteiger partial charge >= 0.3 is 0 Å². The fourth-order valence-corrected chi connectivity index (χ4v) is 5.88. The first-order valence-electron chi connectivity index (χ1n) is 12.3. The molecule has 11 heteroatoms. The maximum Gasteiger partial charge on any atom is 0.251 e. The number of benzene rings is 2. The van der Waals surface area contributed by atoms with Gasteiger partial charge in [-0.25, -0.2) is 8.42 Å². The van der Waals surface area contributed by atoms with Crippen LogP contribution in [0, 0.1) is 11.3 Å². The van der Waals surface area contributed by atoms with Crippen LogP contribution in [0.3, 0.4) is 0 Å². The molecular formula is C26H35N3O7S. The lowest BCUT2D eigenvalue weighted by molar-refractivity contribution is -0.251. The third kappa shape index (κ3) is 6.30. The zero-order chi connectivity index (χ0) is 27.3. The summed E-state index contributed by atoms with van der Waals surface area (Å²) in [5.41, 5.74) is 1.80. The van der Waals surface area contributed by atoms with Crippen LogP contribution in [0.2, 0.25) is 0 Å². The number of rotatable bonds is 10. The quantitative estimate of drug-likeness (QED) is 0.284. The lowest BCUT2D eigenvalue weighted by atomic mass is 9.98. The predicted octanol–water partition coefficient (Wildman–Crippen LogP) is 1.44. The van der Waals surface area contributed by atoms with E-state index in [-0.39, 0.29) is 5.57 Å². The largest absolute Gasteiger partial charge is 0.394 e. The van der Waals surface area contributed by atoms with Crippen molar-refractivity contribution in [3.63, 3.8) is 0 Å². The standard InChI is InChI=1S/C26H35N3O7S/c1-4-10-29(11-5-2)20-9-8-18-12-17(6-7-19(18)13-20)16(3)22(14-27)37(34,35)28-23-25(32)24(31)21(15-30)36-26(23)33/h6-9,12-13,21,23-26,28,30-33H,4-5,10-11,15H2,1-3H3/b22-16+/t21-,23-,24-,25-,26?/m1/s1. The van der Waals surface area contributed by atoms with Crippen LogP contribution in [0.25, 0.3) is 16.3 Å². The second kappa shape index (κ2) is 12.3. The molecule has 1 fully saturated rings. The van der Waals surface area contributed by atoms with Crippen molar-refractivity contribution < 1.29 is 33.6 Å². The summed E-state index contributed by atoms with van der Waals surface area (Å²) in [5.74, 6) is 0. The number of nitrogens with zero attached hydrogens (tertiary/aromatic N) is 2. The molecule has 1 saturated heterocycles. The van der Waals surface area contributed by atoms with Crippen molar-refractivity contribution in [1.82, 2.24) is 4.72 Å². The van der Waals surface area contributed by atoms with Crippen LogP contribution >= 0.6 is 0 Å². The van der Waals surface area contributed by atoms with Crippen LogP contribution in [-0.4, -0.2) is 79.2 Å². The average molecular weight is 534 g/mol. The molecule has 0 amide bonds. The van der Waals surface area contributed by atoms with Crippen LogP contribution in [0.15, 0.2) is 41.3 Å². The fourth-order valence-electron chi connectivity index (χ4n) is 4.51. The smallest absolute Gasteiger partial charge is 0.251 e. The van der Waals surface area contributed by atoms with E-state index in [0.717, 1.165) is 42.4 Å². The highest BCUT2D eigenvalue weighted by atomic mass is 32.2. The third-order valence-electron chi connectivity index (χ3n) is 6.51. The van der Waals surface area contributed by atoms with E-state index in [9.17, 15) is 34.1 Å². The lowest BCUT2D eigenvalue weighted by Gasteiger charge is -2.40. The van der Waals surface area contributed by atoms with Crippen LogP contribution in [0.5, 0.6) is 0 Å². The van der Waals surface area contributed by atoms with E-state index < -0.39 is 52.2 Å². The highest BCUT2D eigenvalue weighted by Crippen LogP contribution is 2.29. The number of ether oxygens (including phenoxy) is 1. The van der Waals surface area contributed by atoms with E-state index in [1.54, 1.807) is 18.2 Å². The number of aliphatic hydroxyl groups excluding tert-OH is 4. The van der Waals surface area contributed by atoms with Crippen LogP contribution in [-0.2, 0) is 14.8 Å². The SMILES string of the molecule is CCCN(CCC)c1ccc2cc(/C(C)=C(\C#N)S(=O)(=O)N[C@H]3C(O)O[C@H](CO)[C@@H](O)[C@@H]3O)ccc2c1. The summed E-state index contributed by atoms with van der Waals surface area (Å²) in [6, 6.07) is 11.5. The molecule has 10 nitrogen and oxygen atoms in total. The van der Waals surface area contributed by atoms with Crippen molar-refractivity contribution in [2.75, 3.05) is 24.6 Å². The monoisotopic (exact) mass is 533 g/mol. The van der Waals surface area contributed by atoms with Gasteiger partial charge in [0, 0.05) is 18.8 Å². The Bertz CT molecular complexity index is 1270. The van der Waals surface area contributed by atoms with Gasteiger partial charge in [0.1, 0.15) is 30.4 Å². The van der Waals surface area contributed by atoms with Gasteiger partial charge in [-0.1, -0.05) is 32.0 Å². The van der Waals surface area contributed by atoms with Crippen LogP contribution in [0.1, 0.15) is 39.2 Å². The van der Waals surface area contributed by atoms with Gasteiger partial charge in [0.15, 0.2) is 11.2 Å². The third-order valence-corrected chi connectivity index (χ3v) is 8.03. The Kier molecular flexibility index (Phi) is 9.66. The molecule has 1 aliphatic rings. The first-order valence-corrected chi connectivity index (χ1v) is 13.8. The molecule has 0 bridgehead atoms. The van der Waals surface area contributed by atoms with Gasteiger partial charge in [-0.05, 0) is 59.9 Å². The summed E-state index contributed by atoms with van der Waals surface area (Å²) >= 11 is 0. The molecule has 3 rings (SSSR count). The Morgan fingerprint density at radius 3 is 2.27 bits per heavy atom. The summed E-state index contributed by atoms with van der Waals surface area (Å²) in [6.07, 6.45) is -4.49. The molecule has 202 valence electrons. The summed E-state index contributed by atoms with van der Waals surface area (Å²) in [5, 5.41) is 51.3. The molecule has 0 aromatic heterocycles. The Labute approximate surface area is 217 Å². The summed E-state index contributed by atoms with van der Waals surface area (Å²) < 4.78 is 33.3. The molecule has 5 N–H and O–H groups in total. The number of fused-ring (bicyclic) bond motifs is 1. The van der Waals surface area contributed by atoms with Crippen molar-refractivity contribution in [1.29, 1.82) is 5.26 Å². The summed E-state index contributed by atoms with van der Waals surface area (Å²) in [4.78, 5) is 1.72. The number of nitriles is 1. The molecule has 0 aliphatic carbocycles. The zero-order valence-corrected chi connectivity index (χ0v) is 22.0. The minimum absolute atomic E-state index is 0.175. The molecule has 2 aromatic rings. The van der Waals surface area contributed by atoms with Crippen molar-refractivity contribution in [2.45, 2.75) is 64.3 Å².